The van der Waals surface area contributed by atoms with Gasteiger partial charge in [0.25, 0.3) is 0 Å². The highest BCUT2D eigenvalue weighted by molar-refractivity contribution is 5.81. The van der Waals surface area contributed by atoms with E-state index >= 15 is 0 Å². The highest BCUT2D eigenvalue weighted by atomic mass is 16.5. The zero-order valence-electron chi connectivity index (χ0n) is 9.57. The summed E-state index contributed by atoms with van der Waals surface area (Å²) in [6.07, 6.45) is 3.05. The van der Waals surface area contributed by atoms with Gasteiger partial charge in [0.1, 0.15) is 6.10 Å². The van der Waals surface area contributed by atoms with Crippen molar-refractivity contribution in [2.24, 2.45) is 0 Å². The number of hydrogen-bond donors (Lipinski definition) is 2. The maximum atomic E-state index is 11.6. The molecule has 16 heavy (non-hydrogen) atoms. The Balaban J connectivity index is 2.13. The topological polar surface area (TPSA) is 75.6 Å². The molecular formula is C11H19NO4. The van der Waals surface area contributed by atoms with Gasteiger partial charge in [-0.15, -0.1) is 0 Å². The summed E-state index contributed by atoms with van der Waals surface area (Å²) in [5.74, 6) is -0.946. The van der Waals surface area contributed by atoms with Crippen LogP contribution >= 0.6 is 0 Å². The lowest BCUT2D eigenvalue weighted by molar-refractivity contribution is -0.137. The van der Waals surface area contributed by atoms with Crippen LogP contribution in [0.2, 0.25) is 0 Å². The third-order valence-corrected chi connectivity index (χ3v) is 2.72. The molecule has 5 nitrogen and oxygen atoms in total. The van der Waals surface area contributed by atoms with Gasteiger partial charge in [0.05, 0.1) is 6.10 Å². The number of carbonyl (C=O) groups is 2. The first-order valence-corrected chi connectivity index (χ1v) is 5.78. The van der Waals surface area contributed by atoms with Gasteiger partial charge in [0, 0.05) is 13.0 Å². The van der Waals surface area contributed by atoms with Crippen molar-refractivity contribution >= 4 is 11.9 Å². The van der Waals surface area contributed by atoms with Crippen molar-refractivity contribution in [3.63, 3.8) is 0 Å². The number of nitrogens with one attached hydrogen (secondary N) is 1. The summed E-state index contributed by atoms with van der Waals surface area (Å²) in [4.78, 5) is 21.8. The minimum absolute atomic E-state index is 0.0867. The van der Waals surface area contributed by atoms with E-state index in [-0.39, 0.29) is 24.5 Å². The van der Waals surface area contributed by atoms with Gasteiger partial charge in [0.15, 0.2) is 0 Å². The van der Waals surface area contributed by atoms with Crippen LogP contribution in [-0.4, -0.2) is 35.7 Å². The molecule has 0 spiro atoms. The van der Waals surface area contributed by atoms with Crippen molar-refractivity contribution in [3.8, 4) is 0 Å². The van der Waals surface area contributed by atoms with Crippen LogP contribution in [0.5, 0.6) is 0 Å². The first-order valence-electron chi connectivity index (χ1n) is 5.78. The number of carboxylic acids is 1. The number of aliphatic carboxylic acids is 1. The monoisotopic (exact) mass is 229 g/mol. The molecule has 92 valence electrons. The lowest BCUT2D eigenvalue weighted by atomic mass is 10.1. The zero-order valence-corrected chi connectivity index (χ0v) is 9.57. The predicted octanol–water partition coefficient (Wildman–Crippen LogP) is 0.925. The molecule has 0 aliphatic carbocycles. The molecule has 0 radical (unpaired) electrons. The van der Waals surface area contributed by atoms with Gasteiger partial charge in [-0.05, 0) is 25.7 Å². The molecule has 5 heteroatoms. The quantitative estimate of drug-likeness (QED) is 0.664. The molecule has 1 fully saturated rings. The largest absolute Gasteiger partial charge is 0.481 e. The molecule has 2 atom stereocenters. The Bertz CT molecular complexity index is 254. The van der Waals surface area contributed by atoms with E-state index in [2.05, 4.69) is 5.32 Å². The first-order chi connectivity index (χ1) is 7.63. The van der Waals surface area contributed by atoms with E-state index in [1.807, 2.05) is 6.92 Å². The minimum Gasteiger partial charge on any atom is -0.481 e. The van der Waals surface area contributed by atoms with E-state index in [0.29, 0.717) is 13.0 Å². The molecule has 1 saturated heterocycles. The van der Waals surface area contributed by atoms with Gasteiger partial charge in [-0.1, -0.05) is 6.92 Å². The molecule has 1 aliphatic rings. The fourth-order valence-electron chi connectivity index (χ4n) is 1.76. The minimum atomic E-state index is -0.836. The second-order valence-corrected chi connectivity index (χ2v) is 4.02. The van der Waals surface area contributed by atoms with E-state index < -0.39 is 5.97 Å². The number of carbonyl (C=O) groups excluding carboxylic acids is 1. The molecule has 1 rings (SSSR count). The van der Waals surface area contributed by atoms with Gasteiger partial charge < -0.3 is 15.2 Å². The molecule has 2 N–H and O–H groups in total. The molecule has 1 aliphatic heterocycles. The van der Waals surface area contributed by atoms with Crippen LogP contribution in [-0.2, 0) is 14.3 Å². The van der Waals surface area contributed by atoms with Crippen LogP contribution in [0.25, 0.3) is 0 Å². The summed E-state index contributed by atoms with van der Waals surface area (Å²) in [6.45, 7) is 2.44. The number of amides is 1. The third kappa shape index (κ3) is 4.18. The molecule has 0 saturated carbocycles. The summed E-state index contributed by atoms with van der Waals surface area (Å²) < 4.78 is 5.52. The average molecular weight is 229 g/mol. The van der Waals surface area contributed by atoms with E-state index in [1.54, 1.807) is 0 Å². The lowest BCUT2D eigenvalue weighted by Crippen LogP contribution is -2.35. The van der Waals surface area contributed by atoms with Crippen LogP contribution < -0.4 is 5.32 Å². The van der Waals surface area contributed by atoms with Gasteiger partial charge in [0.2, 0.25) is 5.91 Å². The SMILES string of the molecule is CCC1CCC(C(=O)NCCCC(=O)O)O1. The molecule has 0 aromatic rings. The van der Waals surface area contributed by atoms with E-state index in [9.17, 15) is 9.59 Å². The Labute approximate surface area is 95.2 Å². The van der Waals surface area contributed by atoms with Gasteiger partial charge >= 0.3 is 5.97 Å². The van der Waals surface area contributed by atoms with E-state index in [1.165, 1.54) is 0 Å². The number of hydrogen-bond acceptors (Lipinski definition) is 3. The Morgan fingerprint density at radius 2 is 2.19 bits per heavy atom. The summed E-state index contributed by atoms with van der Waals surface area (Å²) in [6, 6.07) is 0. The molecule has 2 unspecified atom stereocenters. The van der Waals surface area contributed by atoms with Crippen LogP contribution in [0.15, 0.2) is 0 Å². The summed E-state index contributed by atoms with van der Waals surface area (Å²) in [7, 11) is 0. The van der Waals surface area contributed by atoms with E-state index in [0.717, 1.165) is 19.3 Å². The molecule has 0 bridgehead atoms. The van der Waals surface area contributed by atoms with Crippen LogP contribution in [0.1, 0.15) is 39.0 Å². The molecular weight excluding hydrogens is 210 g/mol. The Morgan fingerprint density at radius 1 is 1.44 bits per heavy atom. The fourth-order valence-corrected chi connectivity index (χ4v) is 1.76. The molecule has 1 heterocycles. The van der Waals surface area contributed by atoms with E-state index in [4.69, 9.17) is 9.84 Å². The normalized spacial score (nSPS) is 24.3. The lowest BCUT2D eigenvalue weighted by Gasteiger charge is -2.12. The highest BCUT2D eigenvalue weighted by Gasteiger charge is 2.29. The van der Waals surface area contributed by atoms with Crippen molar-refractivity contribution in [1.29, 1.82) is 0 Å². The highest BCUT2D eigenvalue weighted by Crippen LogP contribution is 2.21. The van der Waals surface area contributed by atoms with Crippen LogP contribution in [0, 0.1) is 0 Å². The second-order valence-electron chi connectivity index (χ2n) is 4.02. The van der Waals surface area contributed by atoms with Gasteiger partial charge in [-0.25, -0.2) is 0 Å². The summed E-state index contributed by atoms with van der Waals surface area (Å²) in [5.41, 5.74) is 0. The first kappa shape index (κ1) is 13.0. The summed E-state index contributed by atoms with van der Waals surface area (Å²) in [5, 5.41) is 11.1. The van der Waals surface area contributed by atoms with Crippen molar-refractivity contribution in [1.82, 2.24) is 5.32 Å². The van der Waals surface area contributed by atoms with Gasteiger partial charge in [-0.3, -0.25) is 9.59 Å². The maximum absolute atomic E-state index is 11.6. The molecule has 0 aromatic heterocycles. The smallest absolute Gasteiger partial charge is 0.303 e. The maximum Gasteiger partial charge on any atom is 0.303 e. The van der Waals surface area contributed by atoms with Crippen molar-refractivity contribution in [2.45, 2.75) is 51.2 Å². The van der Waals surface area contributed by atoms with Crippen molar-refractivity contribution < 1.29 is 19.4 Å². The average Bonchev–Trinajstić information content (AvgIpc) is 2.72. The Morgan fingerprint density at radius 3 is 2.75 bits per heavy atom. The number of rotatable bonds is 6. The summed E-state index contributed by atoms with van der Waals surface area (Å²) >= 11 is 0. The van der Waals surface area contributed by atoms with Gasteiger partial charge in [-0.2, -0.15) is 0 Å². The Hall–Kier alpha value is -1.10. The number of carboxylic acid groups (broad SMARTS) is 1. The zero-order chi connectivity index (χ0) is 12.0. The standard InChI is InChI=1S/C11H19NO4/c1-2-8-5-6-9(16-8)11(15)12-7-3-4-10(13)14/h8-9H,2-7H2,1H3,(H,12,15)(H,13,14). The van der Waals surface area contributed by atoms with Crippen molar-refractivity contribution in [3.05, 3.63) is 0 Å². The predicted molar refractivity (Wildman–Crippen MR) is 58.1 cm³/mol. The third-order valence-electron chi connectivity index (χ3n) is 2.72. The van der Waals surface area contributed by atoms with Crippen LogP contribution in [0.3, 0.4) is 0 Å². The van der Waals surface area contributed by atoms with Crippen molar-refractivity contribution in [2.75, 3.05) is 6.54 Å². The number of ether oxygens (including phenoxy) is 1. The fraction of sp³-hybridized carbons (Fsp3) is 0.818. The Kier molecular flexibility index (Phi) is 5.25. The molecule has 0 aromatic carbocycles. The molecule has 1 amide bonds. The second kappa shape index (κ2) is 6.48. The van der Waals surface area contributed by atoms with Crippen LogP contribution in [0.4, 0.5) is 0 Å².